The fourth-order valence-electron chi connectivity index (χ4n) is 1.88. The van der Waals surface area contributed by atoms with Gasteiger partial charge >= 0.3 is 0 Å². The lowest BCUT2D eigenvalue weighted by Crippen LogP contribution is -2.02. The summed E-state index contributed by atoms with van der Waals surface area (Å²) in [6.07, 6.45) is -0.940. The lowest BCUT2D eigenvalue weighted by atomic mass is 10.0. The van der Waals surface area contributed by atoms with E-state index in [0.29, 0.717) is 38.6 Å². The molecule has 0 aromatic heterocycles. The molecule has 0 radical (unpaired) electrons. The van der Waals surface area contributed by atoms with Crippen LogP contribution in [0.3, 0.4) is 0 Å². The first kappa shape index (κ1) is 15.5. The van der Waals surface area contributed by atoms with Crippen molar-refractivity contribution >= 4 is 34.8 Å². The first-order chi connectivity index (χ1) is 9.54. The molecule has 1 N–H and O–H groups in total. The van der Waals surface area contributed by atoms with E-state index in [0.717, 1.165) is 0 Å². The molecule has 2 aromatic rings. The highest BCUT2D eigenvalue weighted by molar-refractivity contribution is 6.35. The third-order valence-electron chi connectivity index (χ3n) is 2.85. The van der Waals surface area contributed by atoms with Crippen molar-refractivity contribution in [2.24, 2.45) is 0 Å². The molecule has 0 heterocycles. The molecule has 0 aliphatic carbocycles. The van der Waals surface area contributed by atoms with Crippen LogP contribution in [0.15, 0.2) is 36.4 Å². The van der Waals surface area contributed by atoms with E-state index in [9.17, 15) is 5.11 Å². The topological polar surface area (TPSA) is 29.5 Å². The van der Waals surface area contributed by atoms with E-state index >= 15 is 0 Å². The van der Waals surface area contributed by atoms with Crippen molar-refractivity contribution in [1.29, 1.82) is 0 Å². The van der Waals surface area contributed by atoms with Crippen LogP contribution in [0.25, 0.3) is 0 Å². The molecular weight excluding hydrogens is 319 g/mol. The van der Waals surface area contributed by atoms with Crippen molar-refractivity contribution in [2.75, 3.05) is 6.61 Å². The van der Waals surface area contributed by atoms with Gasteiger partial charge in [0.05, 0.1) is 16.7 Å². The van der Waals surface area contributed by atoms with Crippen LogP contribution < -0.4 is 4.74 Å². The first-order valence-corrected chi connectivity index (χ1v) is 7.22. The van der Waals surface area contributed by atoms with Gasteiger partial charge in [-0.15, -0.1) is 0 Å². The average Bonchev–Trinajstić information content (AvgIpc) is 2.42. The molecule has 0 bridgehead atoms. The number of benzene rings is 2. The largest absolute Gasteiger partial charge is 0.492 e. The highest BCUT2D eigenvalue weighted by Crippen LogP contribution is 2.37. The summed E-state index contributed by atoms with van der Waals surface area (Å²) < 4.78 is 5.36. The molecule has 2 rings (SSSR count). The molecule has 0 saturated heterocycles. The minimum Gasteiger partial charge on any atom is -0.492 e. The van der Waals surface area contributed by atoms with Crippen LogP contribution >= 0.6 is 34.8 Å². The van der Waals surface area contributed by atoms with Gasteiger partial charge in [-0.25, -0.2) is 0 Å². The van der Waals surface area contributed by atoms with E-state index in [4.69, 9.17) is 39.5 Å². The molecule has 0 aliphatic rings. The van der Waals surface area contributed by atoms with Gasteiger partial charge in [-0.3, -0.25) is 0 Å². The zero-order valence-electron chi connectivity index (χ0n) is 10.7. The van der Waals surface area contributed by atoms with Gasteiger partial charge in [0.1, 0.15) is 11.9 Å². The maximum absolute atomic E-state index is 10.4. The van der Waals surface area contributed by atoms with Crippen LogP contribution in [-0.4, -0.2) is 11.7 Å². The van der Waals surface area contributed by atoms with Gasteiger partial charge in [0.2, 0.25) is 0 Å². The normalized spacial score (nSPS) is 12.2. The Kier molecular flexibility index (Phi) is 5.17. The summed E-state index contributed by atoms with van der Waals surface area (Å²) in [4.78, 5) is 0. The lowest BCUT2D eigenvalue weighted by Gasteiger charge is -2.16. The number of halogens is 3. The molecule has 0 amide bonds. The Morgan fingerprint density at radius 1 is 1.00 bits per heavy atom. The number of ether oxygens (including phenoxy) is 1. The molecule has 1 atom stereocenters. The monoisotopic (exact) mass is 330 g/mol. The fraction of sp³-hybridized carbons (Fsp3) is 0.200. The van der Waals surface area contributed by atoms with Gasteiger partial charge < -0.3 is 9.84 Å². The molecule has 106 valence electrons. The Balaban J connectivity index is 2.43. The van der Waals surface area contributed by atoms with Crippen molar-refractivity contribution in [3.63, 3.8) is 0 Å². The molecular formula is C15H13Cl3O2. The SMILES string of the molecule is CCOc1cc(Cl)c(C(O)c2ccccc2Cl)cc1Cl. The van der Waals surface area contributed by atoms with Crippen LogP contribution in [0.2, 0.25) is 15.1 Å². The molecule has 0 saturated carbocycles. The van der Waals surface area contributed by atoms with Gasteiger partial charge in [0.15, 0.2) is 0 Å². The number of hydrogen-bond donors (Lipinski definition) is 1. The van der Waals surface area contributed by atoms with Crippen molar-refractivity contribution in [3.05, 3.63) is 62.6 Å². The van der Waals surface area contributed by atoms with Gasteiger partial charge in [0, 0.05) is 22.2 Å². The Morgan fingerprint density at radius 3 is 2.35 bits per heavy atom. The fourth-order valence-corrected chi connectivity index (χ4v) is 2.61. The minimum atomic E-state index is -0.940. The molecule has 20 heavy (non-hydrogen) atoms. The molecule has 0 fully saturated rings. The second kappa shape index (κ2) is 6.68. The smallest absolute Gasteiger partial charge is 0.139 e. The maximum Gasteiger partial charge on any atom is 0.139 e. The Bertz CT molecular complexity index is 614. The Labute approximate surface area is 132 Å². The van der Waals surface area contributed by atoms with Crippen LogP contribution in [0.4, 0.5) is 0 Å². The highest BCUT2D eigenvalue weighted by Gasteiger charge is 2.19. The summed E-state index contributed by atoms with van der Waals surface area (Å²) in [5.41, 5.74) is 1.07. The van der Waals surface area contributed by atoms with Crippen LogP contribution in [0, 0.1) is 0 Å². The standard InChI is InChI=1S/C15H13Cl3O2/c1-2-20-14-8-12(17)10(7-13(14)18)15(19)9-5-3-4-6-11(9)16/h3-8,15,19H,2H2,1H3. The zero-order chi connectivity index (χ0) is 14.7. The number of rotatable bonds is 4. The molecule has 2 nitrogen and oxygen atoms in total. The summed E-state index contributed by atoms with van der Waals surface area (Å²) in [5, 5.41) is 11.7. The zero-order valence-corrected chi connectivity index (χ0v) is 13.0. The van der Waals surface area contributed by atoms with Crippen molar-refractivity contribution in [2.45, 2.75) is 13.0 Å². The highest BCUT2D eigenvalue weighted by atomic mass is 35.5. The van der Waals surface area contributed by atoms with Crippen molar-refractivity contribution in [3.8, 4) is 5.75 Å². The molecule has 2 aromatic carbocycles. The van der Waals surface area contributed by atoms with E-state index in [1.807, 2.05) is 6.92 Å². The van der Waals surface area contributed by atoms with E-state index in [-0.39, 0.29) is 0 Å². The predicted molar refractivity (Wildman–Crippen MR) is 83.1 cm³/mol. The minimum absolute atomic E-state index is 0.380. The first-order valence-electron chi connectivity index (χ1n) is 6.08. The molecule has 1 unspecified atom stereocenters. The summed E-state index contributed by atoms with van der Waals surface area (Å²) in [6, 6.07) is 10.3. The van der Waals surface area contributed by atoms with E-state index < -0.39 is 6.10 Å². The van der Waals surface area contributed by atoms with Crippen LogP contribution in [0.1, 0.15) is 24.2 Å². The predicted octanol–water partition coefficient (Wildman–Crippen LogP) is 5.13. The lowest BCUT2D eigenvalue weighted by molar-refractivity contribution is 0.220. The van der Waals surface area contributed by atoms with Gasteiger partial charge in [-0.05, 0) is 19.1 Å². The van der Waals surface area contributed by atoms with Crippen LogP contribution in [-0.2, 0) is 0 Å². The number of aliphatic hydroxyl groups excluding tert-OH is 1. The molecule has 0 aliphatic heterocycles. The summed E-state index contributed by atoms with van der Waals surface area (Å²) in [6.45, 7) is 2.35. The maximum atomic E-state index is 10.4. The number of hydrogen-bond acceptors (Lipinski definition) is 2. The van der Waals surface area contributed by atoms with Crippen molar-refractivity contribution in [1.82, 2.24) is 0 Å². The summed E-state index contributed by atoms with van der Waals surface area (Å²) >= 11 is 18.4. The van der Waals surface area contributed by atoms with Gasteiger partial charge in [-0.1, -0.05) is 53.0 Å². The quantitative estimate of drug-likeness (QED) is 0.842. The van der Waals surface area contributed by atoms with Gasteiger partial charge in [0.25, 0.3) is 0 Å². The molecule has 0 spiro atoms. The van der Waals surface area contributed by atoms with Crippen molar-refractivity contribution < 1.29 is 9.84 Å². The van der Waals surface area contributed by atoms with E-state index in [2.05, 4.69) is 0 Å². The second-order valence-corrected chi connectivity index (χ2v) is 5.38. The average molecular weight is 332 g/mol. The van der Waals surface area contributed by atoms with E-state index in [1.165, 1.54) is 0 Å². The second-order valence-electron chi connectivity index (χ2n) is 4.16. The Hall–Kier alpha value is -0.930. The third kappa shape index (κ3) is 3.21. The number of aliphatic hydroxyl groups is 1. The van der Waals surface area contributed by atoms with Crippen LogP contribution in [0.5, 0.6) is 5.75 Å². The summed E-state index contributed by atoms with van der Waals surface area (Å²) in [5.74, 6) is 0.495. The summed E-state index contributed by atoms with van der Waals surface area (Å²) in [7, 11) is 0. The van der Waals surface area contributed by atoms with Gasteiger partial charge in [-0.2, -0.15) is 0 Å². The molecule has 5 heteroatoms. The Morgan fingerprint density at radius 2 is 1.70 bits per heavy atom. The van der Waals surface area contributed by atoms with E-state index in [1.54, 1.807) is 36.4 Å². The third-order valence-corrected chi connectivity index (χ3v) is 3.81.